The SMILES string of the molecule is O=C(O)C1(CN2CCN(c3ncccn3)CC2)CCCC1. The first-order valence-corrected chi connectivity index (χ1v) is 7.67. The molecule has 1 aliphatic carbocycles. The molecule has 3 rings (SSSR count). The van der Waals surface area contributed by atoms with E-state index in [1.54, 1.807) is 12.4 Å². The first-order chi connectivity index (χ1) is 10.2. The molecule has 1 saturated carbocycles. The highest BCUT2D eigenvalue weighted by molar-refractivity contribution is 5.75. The van der Waals surface area contributed by atoms with Gasteiger partial charge >= 0.3 is 5.97 Å². The Labute approximate surface area is 124 Å². The van der Waals surface area contributed by atoms with Crippen molar-refractivity contribution in [3.8, 4) is 0 Å². The van der Waals surface area contributed by atoms with E-state index in [1.807, 2.05) is 6.07 Å². The van der Waals surface area contributed by atoms with Crippen molar-refractivity contribution < 1.29 is 9.90 Å². The summed E-state index contributed by atoms with van der Waals surface area (Å²) >= 11 is 0. The molecule has 1 aromatic heterocycles. The van der Waals surface area contributed by atoms with Gasteiger partial charge in [-0.2, -0.15) is 0 Å². The second-order valence-corrected chi connectivity index (χ2v) is 6.10. The largest absolute Gasteiger partial charge is 0.481 e. The molecule has 21 heavy (non-hydrogen) atoms. The molecule has 1 saturated heterocycles. The number of carboxylic acids is 1. The van der Waals surface area contributed by atoms with Crippen molar-refractivity contribution in [3.05, 3.63) is 18.5 Å². The van der Waals surface area contributed by atoms with Crippen LogP contribution in [0.2, 0.25) is 0 Å². The molecule has 0 atom stereocenters. The number of carboxylic acid groups (broad SMARTS) is 1. The van der Waals surface area contributed by atoms with E-state index in [-0.39, 0.29) is 0 Å². The van der Waals surface area contributed by atoms with E-state index in [1.165, 1.54) is 0 Å². The van der Waals surface area contributed by atoms with Gasteiger partial charge in [0, 0.05) is 45.1 Å². The number of nitrogens with zero attached hydrogens (tertiary/aromatic N) is 4. The van der Waals surface area contributed by atoms with Crippen LogP contribution >= 0.6 is 0 Å². The molecule has 2 fully saturated rings. The normalized spacial score (nSPS) is 22.4. The maximum absolute atomic E-state index is 11.6. The number of anilines is 1. The maximum atomic E-state index is 11.6. The molecule has 114 valence electrons. The summed E-state index contributed by atoms with van der Waals surface area (Å²) in [5.41, 5.74) is -0.509. The maximum Gasteiger partial charge on any atom is 0.310 e. The third kappa shape index (κ3) is 3.00. The summed E-state index contributed by atoms with van der Waals surface area (Å²) in [5.74, 6) is 0.153. The van der Waals surface area contributed by atoms with E-state index in [2.05, 4.69) is 19.8 Å². The molecular formula is C15H22N4O2. The lowest BCUT2D eigenvalue weighted by Gasteiger charge is -2.38. The molecule has 1 aromatic rings. The predicted molar refractivity (Wildman–Crippen MR) is 79.2 cm³/mol. The lowest BCUT2D eigenvalue weighted by atomic mass is 9.85. The molecule has 0 radical (unpaired) electrons. The first-order valence-electron chi connectivity index (χ1n) is 7.67. The van der Waals surface area contributed by atoms with E-state index in [0.29, 0.717) is 6.54 Å². The van der Waals surface area contributed by atoms with Gasteiger partial charge < -0.3 is 10.0 Å². The monoisotopic (exact) mass is 290 g/mol. The minimum absolute atomic E-state index is 0.509. The van der Waals surface area contributed by atoms with Gasteiger partial charge in [0.2, 0.25) is 5.95 Å². The molecule has 0 unspecified atom stereocenters. The molecule has 1 aliphatic heterocycles. The van der Waals surface area contributed by atoms with E-state index in [9.17, 15) is 9.90 Å². The highest BCUT2D eigenvalue weighted by Crippen LogP contribution is 2.39. The van der Waals surface area contributed by atoms with Crippen molar-refractivity contribution in [1.29, 1.82) is 0 Å². The summed E-state index contributed by atoms with van der Waals surface area (Å²) in [7, 11) is 0. The Bertz CT molecular complexity index is 480. The molecule has 6 nitrogen and oxygen atoms in total. The standard InChI is InChI=1S/C15H22N4O2/c20-13(21)15(4-1-2-5-15)12-18-8-10-19(11-9-18)14-16-6-3-7-17-14/h3,6-7H,1-2,4-5,8-12H2,(H,20,21). The molecule has 0 amide bonds. The van der Waals surface area contributed by atoms with E-state index in [0.717, 1.165) is 57.8 Å². The van der Waals surface area contributed by atoms with Gasteiger partial charge in [-0.1, -0.05) is 12.8 Å². The van der Waals surface area contributed by atoms with Crippen molar-refractivity contribution in [2.45, 2.75) is 25.7 Å². The number of rotatable bonds is 4. The van der Waals surface area contributed by atoms with E-state index >= 15 is 0 Å². The zero-order chi connectivity index (χ0) is 14.7. The Balaban J connectivity index is 1.57. The van der Waals surface area contributed by atoms with Gasteiger partial charge in [0.15, 0.2) is 0 Å². The van der Waals surface area contributed by atoms with Crippen LogP contribution < -0.4 is 4.90 Å². The van der Waals surface area contributed by atoms with Crippen LogP contribution in [0.1, 0.15) is 25.7 Å². The minimum atomic E-state index is -0.617. The average Bonchev–Trinajstić information content (AvgIpc) is 2.99. The molecule has 0 bridgehead atoms. The predicted octanol–water partition coefficient (Wildman–Crippen LogP) is 1.24. The second-order valence-electron chi connectivity index (χ2n) is 6.10. The van der Waals surface area contributed by atoms with Gasteiger partial charge in [0.1, 0.15) is 0 Å². The van der Waals surface area contributed by atoms with Crippen molar-refractivity contribution in [2.75, 3.05) is 37.6 Å². The fraction of sp³-hybridized carbons (Fsp3) is 0.667. The summed E-state index contributed by atoms with van der Waals surface area (Å²) in [5, 5.41) is 9.57. The highest BCUT2D eigenvalue weighted by atomic mass is 16.4. The molecule has 2 aliphatic rings. The number of carbonyl (C=O) groups is 1. The van der Waals surface area contributed by atoms with Crippen molar-refractivity contribution in [3.63, 3.8) is 0 Å². The highest BCUT2D eigenvalue weighted by Gasteiger charge is 2.42. The van der Waals surface area contributed by atoms with Gasteiger partial charge in [-0.3, -0.25) is 9.69 Å². The Morgan fingerprint density at radius 2 is 1.76 bits per heavy atom. The molecule has 2 heterocycles. The fourth-order valence-corrected chi connectivity index (χ4v) is 3.48. The summed E-state index contributed by atoms with van der Waals surface area (Å²) in [4.78, 5) is 24.6. The van der Waals surface area contributed by atoms with Crippen LogP contribution in [0, 0.1) is 5.41 Å². The van der Waals surface area contributed by atoms with Gasteiger partial charge in [-0.25, -0.2) is 9.97 Å². The first kappa shape index (κ1) is 14.3. The number of piperazine rings is 1. The number of aliphatic carboxylic acids is 1. The van der Waals surface area contributed by atoms with Crippen molar-refractivity contribution in [2.24, 2.45) is 5.41 Å². The molecule has 1 N–H and O–H groups in total. The van der Waals surface area contributed by atoms with Gasteiger partial charge in [0.25, 0.3) is 0 Å². The van der Waals surface area contributed by atoms with Gasteiger partial charge in [-0.15, -0.1) is 0 Å². The third-order valence-corrected chi connectivity index (χ3v) is 4.75. The molecule has 6 heteroatoms. The zero-order valence-corrected chi connectivity index (χ0v) is 12.2. The molecule has 0 aromatic carbocycles. The Kier molecular flexibility index (Phi) is 4.05. The zero-order valence-electron chi connectivity index (χ0n) is 12.2. The number of hydrogen-bond donors (Lipinski definition) is 1. The van der Waals surface area contributed by atoms with Crippen LogP contribution in [0.5, 0.6) is 0 Å². The van der Waals surface area contributed by atoms with Crippen molar-refractivity contribution >= 4 is 11.9 Å². The van der Waals surface area contributed by atoms with Gasteiger partial charge in [0.05, 0.1) is 5.41 Å². The molecule has 0 spiro atoms. The third-order valence-electron chi connectivity index (χ3n) is 4.75. The summed E-state index contributed by atoms with van der Waals surface area (Å²) in [6.45, 7) is 4.17. The fourth-order valence-electron chi connectivity index (χ4n) is 3.48. The smallest absolute Gasteiger partial charge is 0.310 e. The molecular weight excluding hydrogens is 268 g/mol. The summed E-state index contributed by atoms with van der Waals surface area (Å²) in [6.07, 6.45) is 7.25. The second kappa shape index (κ2) is 5.97. The quantitative estimate of drug-likeness (QED) is 0.900. The lowest BCUT2D eigenvalue weighted by Crippen LogP contribution is -2.51. The van der Waals surface area contributed by atoms with Gasteiger partial charge in [-0.05, 0) is 18.9 Å². The Morgan fingerprint density at radius 1 is 1.14 bits per heavy atom. The number of aromatic nitrogens is 2. The van der Waals surface area contributed by atoms with Crippen molar-refractivity contribution in [1.82, 2.24) is 14.9 Å². The summed E-state index contributed by atoms with van der Waals surface area (Å²) < 4.78 is 0. The van der Waals surface area contributed by atoms with Crippen LogP contribution in [-0.4, -0.2) is 58.7 Å². The average molecular weight is 290 g/mol. The van der Waals surface area contributed by atoms with E-state index < -0.39 is 11.4 Å². The minimum Gasteiger partial charge on any atom is -0.481 e. The Morgan fingerprint density at radius 3 is 2.33 bits per heavy atom. The number of hydrogen-bond acceptors (Lipinski definition) is 5. The van der Waals surface area contributed by atoms with Crippen LogP contribution in [0.4, 0.5) is 5.95 Å². The van der Waals surface area contributed by atoms with Crippen LogP contribution in [0.3, 0.4) is 0 Å². The van der Waals surface area contributed by atoms with E-state index in [4.69, 9.17) is 0 Å². The van der Waals surface area contributed by atoms with Crippen LogP contribution in [0.15, 0.2) is 18.5 Å². The van der Waals surface area contributed by atoms with Crippen LogP contribution in [0.25, 0.3) is 0 Å². The van der Waals surface area contributed by atoms with Crippen LogP contribution in [-0.2, 0) is 4.79 Å². The topological polar surface area (TPSA) is 69.6 Å². The summed E-state index contributed by atoms with van der Waals surface area (Å²) in [6, 6.07) is 1.82. The lowest BCUT2D eigenvalue weighted by molar-refractivity contribution is -0.150. The Hall–Kier alpha value is -1.69.